The van der Waals surface area contributed by atoms with Crippen molar-refractivity contribution in [2.24, 2.45) is 10.7 Å². The number of nitrogens with one attached hydrogen (secondary N) is 1. The number of sulfonamides is 1. The van der Waals surface area contributed by atoms with Crippen LogP contribution in [0.3, 0.4) is 0 Å². The van der Waals surface area contributed by atoms with E-state index >= 15 is 0 Å². The zero-order chi connectivity index (χ0) is 16.7. The van der Waals surface area contributed by atoms with Crippen LogP contribution in [0.1, 0.15) is 17.2 Å². The zero-order valence-corrected chi connectivity index (χ0v) is 13.8. The number of hydrogen-bond acceptors (Lipinski definition) is 5. The van der Waals surface area contributed by atoms with E-state index in [0.717, 1.165) is 29.8 Å². The van der Waals surface area contributed by atoms with Crippen LogP contribution in [0, 0.1) is 0 Å². The molecule has 2 aromatic rings. The molecule has 4 rings (SSSR count). The molecule has 2 aliphatic rings. The van der Waals surface area contributed by atoms with E-state index in [0.29, 0.717) is 0 Å². The van der Waals surface area contributed by atoms with Gasteiger partial charge in [-0.2, -0.15) is 0 Å². The second-order valence-corrected chi connectivity index (χ2v) is 7.81. The molecule has 0 saturated carbocycles. The van der Waals surface area contributed by atoms with Crippen molar-refractivity contribution >= 4 is 21.7 Å². The van der Waals surface area contributed by atoms with E-state index in [-0.39, 0.29) is 23.4 Å². The quantitative estimate of drug-likeness (QED) is 0.889. The molecule has 2 aromatic carbocycles. The van der Waals surface area contributed by atoms with Gasteiger partial charge >= 0.3 is 0 Å². The van der Waals surface area contributed by atoms with Crippen LogP contribution in [-0.2, 0) is 16.4 Å². The molecule has 3 N–H and O–H groups in total. The molecule has 2 heterocycles. The third-order valence-electron chi connectivity index (χ3n) is 4.44. The number of rotatable bonds is 3. The fourth-order valence-corrected chi connectivity index (χ4v) is 4.58. The number of benzene rings is 2. The lowest BCUT2D eigenvalue weighted by atomic mass is 10.1. The van der Waals surface area contributed by atoms with Crippen LogP contribution < -0.4 is 11.1 Å². The minimum atomic E-state index is -3.70. The summed E-state index contributed by atoms with van der Waals surface area (Å²) in [6, 6.07) is 14.5. The van der Waals surface area contributed by atoms with E-state index in [9.17, 15) is 8.42 Å². The summed E-state index contributed by atoms with van der Waals surface area (Å²) in [4.78, 5) is 4.59. The molecule has 0 bridgehead atoms. The number of aliphatic imine (C=N–C) groups is 1. The minimum absolute atomic E-state index is 0.0440. The summed E-state index contributed by atoms with van der Waals surface area (Å²) in [5.41, 5.74) is 8.90. The fraction of sp³-hybridized carbons (Fsp3) is 0.235. The van der Waals surface area contributed by atoms with Gasteiger partial charge in [0, 0.05) is 12.2 Å². The second-order valence-electron chi connectivity index (χ2n) is 5.95. The van der Waals surface area contributed by atoms with Gasteiger partial charge in [-0.15, -0.1) is 0 Å². The van der Waals surface area contributed by atoms with Crippen molar-refractivity contribution < 1.29 is 8.42 Å². The number of guanidine groups is 1. The van der Waals surface area contributed by atoms with Crippen molar-refractivity contribution in [1.82, 2.24) is 4.31 Å². The zero-order valence-electron chi connectivity index (χ0n) is 13.0. The first-order valence-electron chi connectivity index (χ1n) is 7.83. The van der Waals surface area contributed by atoms with Gasteiger partial charge in [0.25, 0.3) is 10.0 Å². The average Bonchev–Trinajstić information content (AvgIpc) is 3.21. The first-order valence-corrected chi connectivity index (χ1v) is 9.27. The third kappa shape index (κ3) is 2.41. The predicted octanol–water partition coefficient (Wildman–Crippen LogP) is 1.71. The van der Waals surface area contributed by atoms with Crippen molar-refractivity contribution in [2.45, 2.75) is 17.4 Å². The summed E-state index contributed by atoms with van der Waals surface area (Å²) in [5, 5.41) is 3.23. The van der Waals surface area contributed by atoms with Gasteiger partial charge in [-0.25, -0.2) is 17.7 Å². The van der Waals surface area contributed by atoms with Gasteiger partial charge < -0.3 is 11.1 Å². The third-order valence-corrected chi connectivity index (χ3v) is 6.21. The van der Waals surface area contributed by atoms with Crippen LogP contribution in [0.15, 0.2) is 58.4 Å². The molecule has 0 radical (unpaired) electrons. The lowest BCUT2D eigenvalue weighted by molar-refractivity contribution is 0.518. The maximum absolute atomic E-state index is 13.0. The van der Waals surface area contributed by atoms with E-state index in [4.69, 9.17) is 5.73 Å². The molecule has 0 unspecified atom stereocenters. The second kappa shape index (κ2) is 5.52. The van der Waals surface area contributed by atoms with Gasteiger partial charge in [-0.05, 0) is 35.7 Å². The highest BCUT2D eigenvalue weighted by atomic mass is 32.2. The average molecular weight is 342 g/mol. The van der Waals surface area contributed by atoms with Crippen molar-refractivity contribution in [3.63, 3.8) is 0 Å². The first kappa shape index (κ1) is 15.0. The van der Waals surface area contributed by atoms with Gasteiger partial charge in [0.1, 0.15) is 0 Å². The Hall–Kier alpha value is -2.54. The smallest absolute Gasteiger partial charge is 0.266 e. The Morgan fingerprint density at radius 1 is 1.17 bits per heavy atom. The maximum atomic E-state index is 13.0. The molecule has 0 amide bonds. The van der Waals surface area contributed by atoms with Crippen molar-refractivity contribution in [3.8, 4) is 0 Å². The predicted molar refractivity (Wildman–Crippen MR) is 93.3 cm³/mol. The summed E-state index contributed by atoms with van der Waals surface area (Å²) in [5.74, 6) is 0.0440. The van der Waals surface area contributed by atoms with Gasteiger partial charge in [-0.3, -0.25) is 0 Å². The molecular formula is C17H18N4O2S. The van der Waals surface area contributed by atoms with Gasteiger partial charge in [0.15, 0.2) is 0 Å². The molecule has 6 nitrogen and oxygen atoms in total. The van der Waals surface area contributed by atoms with Gasteiger partial charge in [0.05, 0.1) is 17.5 Å². The number of nitrogens with two attached hydrogens (primary N) is 1. The topological polar surface area (TPSA) is 87.8 Å². The highest BCUT2D eigenvalue weighted by molar-refractivity contribution is 7.89. The van der Waals surface area contributed by atoms with Crippen LogP contribution in [0.25, 0.3) is 0 Å². The van der Waals surface area contributed by atoms with Crippen LogP contribution in [0.5, 0.6) is 0 Å². The molecule has 0 aromatic heterocycles. The first-order chi connectivity index (χ1) is 11.6. The van der Waals surface area contributed by atoms with E-state index < -0.39 is 10.0 Å². The van der Waals surface area contributed by atoms with Crippen molar-refractivity contribution in [3.05, 3.63) is 59.7 Å². The van der Waals surface area contributed by atoms with Gasteiger partial charge in [-0.1, -0.05) is 30.3 Å². The molecular weight excluding hydrogens is 324 g/mol. The highest BCUT2D eigenvalue weighted by Gasteiger charge is 2.34. The Kier molecular flexibility index (Phi) is 3.45. The Morgan fingerprint density at radius 2 is 1.96 bits per heavy atom. The molecule has 0 fully saturated rings. The number of fused-ring (bicyclic) bond motifs is 1. The Labute approximate surface area is 141 Å². The Morgan fingerprint density at radius 3 is 2.75 bits per heavy atom. The minimum Gasteiger partial charge on any atom is -0.384 e. The maximum Gasteiger partial charge on any atom is 0.266 e. The standard InChI is InChI=1S/C17H18N4O2S/c18-17-20-16(12-4-2-1-3-5-12)11-21(17)24(22,23)14-6-7-15-13(10-14)8-9-19-15/h1-7,10,16,19H,8-9,11H2,(H2,18,20)/t16-/m1/s1. The van der Waals surface area contributed by atoms with Crippen LogP contribution in [0.4, 0.5) is 5.69 Å². The van der Waals surface area contributed by atoms with Crippen molar-refractivity contribution in [2.75, 3.05) is 18.4 Å². The van der Waals surface area contributed by atoms with Gasteiger partial charge in [0.2, 0.25) is 5.96 Å². The molecule has 0 saturated heterocycles. The van der Waals surface area contributed by atoms with Crippen LogP contribution in [0.2, 0.25) is 0 Å². The van der Waals surface area contributed by atoms with E-state index in [2.05, 4.69) is 10.3 Å². The van der Waals surface area contributed by atoms with E-state index in [1.807, 2.05) is 36.4 Å². The van der Waals surface area contributed by atoms with Crippen molar-refractivity contribution in [1.29, 1.82) is 0 Å². The molecule has 1 atom stereocenters. The lowest BCUT2D eigenvalue weighted by Gasteiger charge is -2.19. The summed E-state index contributed by atoms with van der Waals surface area (Å²) in [7, 11) is -3.70. The normalized spacial score (nSPS) is 19.8. The number of anilines is 1. The highest BCUT2D eigenvalue weighted by Crippen LogP contribution is 2.30. The number of hydrogen-bond donors (Lipinski definition) is 2. The summed E-state index contributed by atoms with van der Waals surface area (Å²) in [6.07, 6.45) is 0.828. The Bertz CT molecular complexity index is 909. The van der Waals surface area contributed by atoms with Crippen LogP contribution in [-0.4, -0.2) is 31.8 Å². The molecule has 24 heavy (non-hydrogen) atoms. The van der Waals surface area contributed by atoms with E-state index in [1.54, 1.807) is 12.1 Å². The Balaban J connectivity index is 1.65. The molecule has 0 spiro atoms. The van der Waals surface area contributed by atoms with E-state index in [1.165, 1.54) is 4.31 Å². The summed E-state index contributed by atoms with van der Waals surface area (Å²) in [6.45, 7) is 1.07. The summed E-state index contributed by atoms with van der Waals surface area (Å²) >= 11 is 0. The molecule has 2 aliphatic heterocycles. The molecule has 0 aliphatic carbocycles. The lowest BCUT2D eigenvalue weighted by Crippen LogP contribution is -2.39. The molecule has 124 valence electrons. The SMILES string of the molecule is NC1=N[C@@H](c2ccccc2)CN1S(=O)(=O)c1ccc2c(c1)CCN2. The fourth-order valence-electron chi connectivity index (χ4n) is 3.16. The largest absolute Gasteiger partial charge is 0.384 e. The monoisotopic (exact) mass is 342 g/mol. The van der Waals surface area contributed by atoms with Crippen LogP contribution >= 0.6 is 0 Å². The summed E-state index contributed by atoms with van der Waals surface area (Å²) < 4.78 is 27.1. The molecule has 7 heteroatoms. The number of nitrogens with zero attached hydrogens (tertiary/aromatic N) is 2.